The Hall–Kier alpha value is -3.71. The summed E-state index contributed by atoms with van der Waals surface area (Å²) in [6, 6.07) is 22.4. The summed E-state index contributed by atoms with van der Waals surface area (Å²) in [6.07, 6.45) is 1.85. The van der Waals surface area contributed by atoms with Crippen LogP contribution in [0.5, 0.6) is 17.2 Å². The number of aliphatic imine (C=N–C) groups is 1. The van der Waals surface area contributed by atoms with Crippen molar-refractivity contribution in [1.82, 2.24) is 0 Å². The number of nitrogens with zero attached hydrogens (tertiary/aromatic N) is 2. The largest absolute Gasteiger partial charge is 0.497 e. The SMILES string of the molecule is COc1ccc(/C=C2\SC(=Nc3ccccc3OC)N(c3ccccc3OC)C2=O)cc1. The van der Waals surface area contributed by atoms with Crippen molar-refractivity contribution in [3.05, 3.63) is 83.3 Å². The predicted molar refractivity (Wildman–Crippen MR) is 129 cm³/mol. The first-order chi connectivity index (χ1) is 15.6. The van der Waals surface area contributed by atoms with Gasteiger partial charge in [0.1, 0.15) is 22.9 Å². The Kier molecular flexibility index (Phi) is 6.47. The van der Waals surface area contributed by atoms with E-state index in [-0.39, 0.29) is 5.91 Å². The van der Waals surface area contributed by atoms with Gasteiger partial charge in [0.15, 0.2) is 5.17 Å². The van der Waals surface area contributed by atoms with E-state index in [9.17, 15) is 4.79 Å². The fourth-order valence-electron chi connectivity index (χ4n) is 3.25. The molecular weight excluding hydrogens is 424 g/mol. The quantitative estimate of drug-likeness (QED) is 0.467. The van der Waals surface area contributed by atoms with Crippen molar-refractivity contribution in [3.63, 3.8) is 0 Å². The molecule has 0 aromatic heterocycles. The summed E-state index contributed by atoms with van der Waals surface area (Å²) in [4.78, 5) is 20.4. The molecule has 1 aliphatic rings. The molecule has 32 heavy (non-hydrogen) atoms. The van der Waals surface area contributed by atoms with E-state index >= 15 is 0 Å². The van der Waals surface area contributed by atoms with Crippen LogP contribution >= 0.6 is 11.8 Å². The van der Waals surface area contributed by atoms with Crippen LogP contribution in [0.4, 0.5) is 11.4 Å². The highest BCUT2D eigenvalue weighted by atomic mass is 32.2. The monoisotopic (exact) mass is 446 g/mol. The van der Waals surface area contributed by atoms with Crippen molar-refractivity contribution in [2.75, 3.05) is 26.2 Å². The highest BCUT2D eigenvalue weighted by Crippen LogP contribution is 2.41. The molecule has 4 rings (SSSR count). The van der Waals surface area contributed by atoms with Crippen molar-refractivity contribution in [2.45, 2.75) is 0 Å². The summed E-state index contributed by atoms with van der Waals surface area (Å²) in [5.74, 6) is 1.79. The van der Waals surface area contributed by atoms with Crippen LogP contribution in [0.3, 0.4) is 0 Å². The van der Waals surface area contributed by atoms with E-state index in [2.05, 4.69) is 0 Å². The predicted octanol–water partition coefficient (Wildman–Crippen LogP) is 5.52. The third-order valence-corrected chi connectivity index (χ3v) is 5.82. The first-order valence-electron chi connectivity index (χ1n) is 9.87. The van der Waals surface area contributed by atoms with Crippen LogP contribution in [-0.4, -0.2) is 32.4 Å². The molecule has 1 amide bonds. The average Bonchev–Trinajstić information content (AvgIpc) is 3.14. The molecule has 1 fully saturated rings. The lowest BCUT2D eigenvalue weighted by molar-refractivity contribution is -0.113. The Balaban J connectivity index is 1.81. The molecule has 3 aromatic carbocycles. The van der Waals surface area contributed by atoms with Gasteiger partial charge in [-0.2, -0.15) is 0 Å². The minimum Gasteiger partial charge on any atom is -0.497 e. The molecule has 0 saturated carbocycles. The molecule has 0 radical (unpaired) electrons. The molecule has 7 heteroatoms. The summed E-state index contributed by atoms with van der Waals surface area (Å²) < 4.78 is 16.2. The number of rotatable bonds is 6. The Morgan fingerprint density at radius 2 is 1.47 bits per heavy atom. The van der Waals surface area contributed by atoms with Gasteiger partial charge in [0.2, 0.25) is 0 Å². The van der Waals surface area contributed by atoms with Crippen molar-refractivity contribution in [3.8, 4) is 17.2 Å². The normalized spacial score (nSPS) is 16.0. The summed E-state index contributed by atoms with van der Waals surface area (Å²) in [5.41, 5.74) is 2.15. The Labute approximate surface area is 191 Å². The molecule has 0 atom stereocenters. The lowest BCUT2D eigenvalue weighted by Gasteiger charge is -2.18. The van der Waals surface area contributed by atoms with E-state index in [1.165, 1.54) is 11.8 Å². The van der Waals surface area contributed by atoms with Gasteiger partial charge in [-0.15, -0.1) is 0 Å². The number of hydrogen-bond donors (Lipinski definition) is 0. The van der Waals surface area contributed by atoms with Crippen LogP contribution in [0.1, 0.15) is 5.56 Å². The smallest absolute Gasteiger partial charge is 0.271 e. The molecule has 1 heterocycles. The second-order valence-electron chi connectivity index (χ2n) is 6.76. The Morgan fingerprint density at radius 3 is 2.16 bits per heavy atom. The first-order valence-corrected chi connectivity index (χ1v) is 10.7. The Morgan fingerprint density at radius 1 is 0.812 bits per heavy atom. The number of hydrogen-bond acceptors (Lipinski definition) is 6. The number of amidine groups is 1. The van der Waals surface area contributed by atoms with Gasteiger partial charge in [0, 0.05) is 0 Å². The zero-order chi connectivity index (χ0) is 22.5. The van der Waals surface area contributed by atoms with E-state index in [1.54, 1.807) is 26.2 Å². The third kappa shape index (κ3) is 4.33. The number of para-hydroxylation sites is 4. The lowest BCUT2D eigenvalue weighted by Crippen LogP contribution is -2.29. The number of carbonyl (C=O) groups is 1. The van der Waals surface area contributed by atoms with E-state index < -0.39 is 0 Å². The van der Waals surface area contributed by atoms with Gasteiger partial charge < -0.3 is 14.2 Å². The van der Waals surface area contributed by atoms with Gasteiger partial charge >= 0.3 is 0 Å². The Bertz CT molecular complexity index is 1190. The molecule has 0 aliphatic carbocycles. The molecule has 6 nitrogen and oxygen atoms in total. The van der Waals surface area contributed by atoms with E-state index in [1.807, 2.05) is 78.9 Å². The van der Waals surface area contributed by atoms with Gasteiger partial charge in [0.05, 0.1) is 31.9 Å². The minimum atomic E-state index is -0.177. The van der Waals surface area contributed by atoms with Gasteiger partial charge in [-0.3, -0.25) is 9.69 Å². The van der Waals surface area contributed by atoms with E-state index in [0.717, 1.165) is 11.3 Å². The van der Waals surface area contributed by atoms with Crippen LogP contribution < -0.4 is 19.1 Å². The standard InChI is InChI=1S/C25H22N2O4S/c1-29-18-14-12-17(13-15-18)16-23-24(28)27(20-9-5-7-11-22(20)31-3)25(32-23)26-19-8-4-6-10-21(19)30-2/h4-16H,1-3H3/b23-16-,26-25?. The van der Waals surface area contributed by atoms with Crippen molar-refractivity contribution in [1.29, 1.82) is 0 Å². The number of anilines is 1. The molecule has 0 spiro atoms. The van der Waals surface area contributed by atoms with Crippen LogP contribution in [0.15, 0.2) is 82.7 Å². The highest BCUT2D eigenvalue weighted by Gasteiger charge is 2.36. The molecule has 0 bridgehead atoms. The topological polar surface area (TPSA) is 60.4 Å². The van der Waals surface area contributed by atoms with Crippen LogP contribution in [0, 0.1) is 0 Å². The van der Waals surface area contributed by atoms with Crippen LogP contribution in [-0.2, 0) is 4.79 Å². The summed E-state index contributed by atoms with van der Waals surface area (Å²) in [5, 5.41) is 0.517. The summed E-state index contributed by atoms with van der Waals surface area (Å²) in [7, 11) is 4.80. The number of amides is 1. The van der Waals surface area contributed by atoms with Crippen molar-refractivity contribution in [2.24, 2.45) is 4.99 Å². The molecule has 3 aromatic rings. The molecule has 1 aliphatic heterocycles. The summed E-state index contributed by atoms with van der Waals surface area (Å²) in [6.45, 7) is 0. The molecule has 0 N–H and O–H groups in total. The highest BCUT2D eigenvalue weighted by molar-refractivity contribution is 8.19. The van der Waals surface area contributed by atoms with Crippen LogP contribution in [0.25, 0.3) is 6.08 Å². The molecule has 0 unspecified atom stereocenters. The fourth-order valence-corrected chi connectivity index (χ4v) is 4.24. The third-order valence-electron chi connectivity index (χ3n) is 4.85. The number of benzene rings is 3. The van der Waals surface area contributed by atoms with Gasteiger partial charge in [-0.1, -0.05) is 36.4 Å². The second-order valence-corrected chi connectivity index (χ2v) is 7.77. The minimum absolute atomic E-state index is 0.177. The molecular formula is C25H22N2O4S. The van der Waals surface area contributed by atoms with Crippen molar-refractivity contribution >= 4 is 40.3 Å². The maximum Gasteiger partial charge on any atom is 0.271 e. The number of thioether (sulfide) groups is 1. The fraction of sp³-hybridized carbons (Fsp3) is 0.120. The van der Waals surface area contributed by atoms with Crippen LogP contribution in [0.2, 0.25) is 0 Å². The van der Waals surface area contributed by atoms with Gasteiger partial charge in [0.25, 0.3) is 5.91 Å². The second kappa shape index (κ2) is 9.62. The average molecular weight is 447 g/mol. The lowest BCUT2D eigenvalue weighted by atomic mass is 10.2. The van der Waals surface area contributed by atoms with E-state index in [4.69, 9.17) is 19.2 Å². The zero-order valence-corrected chi connectivity index (χ0v) is 18.8. The van der Waals surface area contributed by atoms with Gasteiger partial charge in [-0.05, 0) is 59.8 Å². The number of methoxy groups -OCH3 is 3. The molecule has 162 valence electrons. The molecule has 1 saturated heterocycles. The zero-order valence-electron chi connectivity index (χ0n) is 17.9. The summed E-state index contributed by atoms with van der Waals surface area (Å²) >= 11 is 1.30. The van der Waals surface area contributed by atoms with Crippen molar-refractivity contribution < 1.29 is 19.0 Å². The number of ether oxygens (including phenoxy) is 3. The maximum absolute atomic E-state index is 13.5. The van der Waals surface area contributed by atoms with Gasteiger partial charge in [-0.25, -0.2) is 4.99 Å². The number of carbonyl (C=O) groups excluding carboxylic acids is 1. The first kappa shape index (κ1) is 21.5. The maximum atomic E-state index is 13.5. The van der Waals surface area contributed by atoms with E-state index in [0.29, 0.717) is 32.9 Å².